The van der Waals surface area contributed by atoms with Crippen LogP contribution in [-0.4, -0.2) is 45.0 Å². The number of amides is 2. The van der Waals surface area contributed by atoms with E-state index in [1.165, 1.54) is 19.3 Å². The quantitative estimate of drug-likeness (QED) is 0.582. The second-order valence-corrected chi connectivity index (χ2v) is 10.0. The number of imidazole rings is 1. The minimum absolute atomic E-state index is 0.0947. The third-order valence-electron chi connectivity index (χ3n) is 7.56. The van der Waals surface area contributed by atoms with Crippen LogP contribution in [0.3, 0.4) is 0 Å². The van der Waals surface area contributed by atoms with Crippen LogP contribution in [0.15, 0.2) is 48.5 Å². The van der Waals surface area contributed by atoms with Gasteiger partial charge in [-0.3, -0.25) is 9.59 Å². The van der Waals surface area contributed by atoms with E-state index >= 15 is 0 Å². The predicted octanol–water partition coefficient (Wildman–Crippen LogP) is 4.69. The van der Waals surface area contributed by atoms with Gasteiger partial charge in [-0.1, -0.05) is 56.4 Å². The lowest BCUT2D eigenvalue weighted by Crippen LogP contribution is -2.64. The van der Waals surface area contributed by atoms with Crippen molar-refractivity contribution >= 4 is 22.8 Å². The number of hydrogen-bond donors (Lipinski definition) is 1. The van der Waals surface area contributed by atoms with E-state index in [9.17, 15) is 9.59 Å². The molecule has 3 aromatic rings. The monoisotopic (exact) mass is 474 g/mol. The molecule has 1 aromatic heterocycles. The molecule has 1 atom stereocenters. The highest BCUT2D eigenvalue weighted by Crippen LogP contribution is 2.33. The average Bonchev–Trinajstić information content (AvgIpc) is 3.22. The van der Waals surface area contributed by atoms with Gasteiger partial charge in [0.2, 0.25) is 5.91 Å². The number of ether oxygens (including phenoxy) is 1. The molecule has 2 heterocycles. The van der Waals surface area contributed by atoms with Crippen LogP contribution in [0.1, 0.15) is 68.1 Å². The van der Waals surface area contributed by atoms with Crippen molar-refractivity contribution in [3.8, 4) is 5.75 Å². The minimum Gasteiger partial charge on any atom is -0.497 e. The third kappa shape index (κ3) is 4.51. The summed E-state index contributed by atoms with van der Waals surface area (Å²) in [6.45, 7) is 2.55. The van der Waals surface area contributed by atoms with E-state index in [-0.39, 0.29) is 17.9 Å². The molecule has 1 aliphatic heterocycles. The fourth-order valence-electron chi connectivity index (χ4n) is 5.47. The SMILES string of the molecule is COc1cccc(CN2C(=O)c3nc4ccccc4n3C[C@]2(C)C(=O)NC2CCCCCCC2)c1. The number of carbonyl (C=O) groups excluding carboxylic acids is 2. The molecule has 184 valence electrons. The van der Waals surface area contributed by atoms with Gasteiger partial charge in [0.05, 0.1) is 24.7 Å². The highest BCUT2D eigenvalue weighted by molar-refractivity contribution is 6.01. The maximum atomic E-state index is 14.0. The smallest absolute Gasteiger partial charge is 0.291 e. The molecule has 7 heteroatoms. The van der Waals surface area contributed by atoms with E-state index in [4.69, 9.17) is 4.74 Å². The molecule has 0 spiro atoms. The van der Waals surface area contributed by atoms with Crippen molar-refractivity contribution in [1.82, 2.24) is 19.8 Å². The highest BCUT2D eigenvalue weighted by atomic mass is 16.5. The summed E-state index contributed by atoms with van der Waals surface area (Å²) in [7, 11) is 1.63. The van der Waals surface area contributed by atoms with Crippen LogP contribution in [0.25, 0.3) is 11.0 Å². The molecule has 0 saturated heterocycles. The summed E-state index contributed by atoms with van der Waals surface area (Å²) in [4.78, 5) is 34.2. The van der Waals surface area contributed by atoms with E-state index < -0.39 is 5.54 Å². The molecule has 2 aliphatic rings. The van der Waals surface area contributed by atoms with Gasteiger partial charge in [0.1, 0.15) is 11.3 Å². The van der Waals surface area contributed by atoms with E-state index in [1.54, 1.807) is 12.0 Å². The Morgan fingerprint density at radius 3 is 2.60 bits per heavy atom. The second-order valence-electron chi connectivity index (χ2n) is 10.0. The number of aromatic nitrogens is 2. The molecule has 1 saturated carbocycles. The van der Waals surface area contributed by atoms with E-state index in [0.29, 0.717) is 18.9 Å². The van der Waals surface area contributed by atoms with Crippen molar-refractivity contribution in [3.63, 3.8) is 0 Å². The highest BCUT2D eigenvalue weighted by Gasteiger charge is 2.48. The summed E-state index contributed by atoms with van der Waals surface area (Å²) >= 11 is 0. The van der Waals surface area contributed by atoms with Crippen LogP contribution in [0.2, 0.25) is 0 Å². The minimum atomic E-state index is -1.06. The van der Waals surface area contributed by atoms with Crippen molar-refractivity contribution < 1.29 is 14.3 Å². The van der Waals surface area contributed by atoms with Crippen molar-refractivity contribution in [2.45, 2.75) is 76.5 Å². The molecule has 0 radical (unpaired) electrons. The Labute approximate surface area is 206 Å². The number of fused-ring (bicyclic) bond motifs is 3. The van der Waals surface area contributed by atoms with E-state index in [0.717, 1.165) is 48.0 Å². The molecule has 0 bridgehead atoms. The normalized spacial score (nSPS) is 21.3. The van der Waals surface area contributed by atoms with Crippen LogP contribution < -0.4 is 10.1 Å². The van der Waals surface area contributed by atoms with E-state index in [1.807, 2.05) is 60.0 Å². The number of nitrogens with one attached hydrogen (secondary N) is 1. The molecule has 1 N–H and O–H groups in total. The molecule has 35 heavy (non-hydrogen) atoms. The van der Waals surface area contributed by atoms with Crippen molar-refractivity contribution in [1.29, 1.82) is 0 Å². The number of carbonyl (C=O) groups is 2. The lowest BCUT2D eigenvalue weighted by atomic mass is 9.92. The Morgan fingerprint density at radius 2 is 1.83 bits per heavy atom. The summed E-state index contributed by atoms with van der Waals surface area (Å²) in [5, 5.41) is 3.34. The molecule has 2 aromatic carbocycles. The van der Waals surface area contributed by atoms with Gasteiger partial charge >= 0.3 is 0 Å². The van der Waals surface area contributed by atoms with Gasteiger partial charge in [0.25, 0.3) is 5.91 Å². The van der Waals surface area contributed by atoms with Crippen LogP contribution in [0, 0.1) is 0 Å². The van der Waals surface area contributed by atoms with Gasteiger partial charge in [-0.15, -0.1) is 0 Å². The number of para-hydroxylation sites is 2. The van der Waals surface area contributed by atoms with Crippen molar-refractivity contribution in [2.24, 2.45) is 0 Å². The molecule has 0 unspecified atom stereocenters. The molecular weight excluding hydrogens is 440 g/mol. The maximum absolute atomic E-state index is 14.0. The fraction of sp³-hybridized carbons (Fsp3) is 0.464. The van der Waals surface area contributed by atoms with Gasteiger partial charge in [-0.25, -0.2) is 4.98 Å². The van der Waals surface area contributed by atoms with Gasteiger partial charge in [0.15, 0.2) is 5.82 Å². The number of benzene rings is 2. The largest absolute Gasteiger partial charge is 0.497 e. The maximum Gasteiger partial charge on any atom is 0.291 e. The number of methoxy groups -OCH3 is 1. The first-order valence-corrected chi connectivity index (χ1v) is 12.7. The zero-order valence-electron chi connectivity index (χ0n) is 20.6. The molecular formula is C28H34N4O3. The van der Waals surface area contributed by atoms with Crippen molar-refractivity contribution in [2.75, 3.05) is 7.11 Å². The lowest BCUT2D eigenvalue weighted by molar-refractivity contribution is -0.134. The van der Waals surface area contributed by atoms with Gasteiger partial charge in [0, 0.05) is 12.6 Å². The van der Waals surface area contributed by atoms with Gasteiger partial charge < -0.3 is 19.5 Å². The van der Waals surface area contributed by atoms with Crippen LogP contribution in [0.4, 0.5) is 0 Å². The molecule has 2 amide bonds. The van der Waals surface area contributed by atoms with Crippen LogP contribution >= 0.6 is 0 Å². The lowest BCUT2D eigenvalue weighted by Gasteiger charge is -2.44. The molecule has 1 fully saturated rings. The number of rotatable bonds is 5. The van der Waals surface area contributed by atoms with Gasteiger partial charge in [-0.05, 0) is 49.6 Å². The Kier molecular flexibility index (Phi) is 6.50. The van der Waals surface area contributed by atoms with E-state index in [2.05, 4.69) is 10.3 Å². The number of hydrogen-bond acceptors (Lipinski definition) is 4. The predicted molar refractivity (Wildman–Crippen MR) is 135 cm³/mol. The Morgan fingerprint density at radius 1 is 1.09 bits per heavy atom. The summed E-state index contributed by atoms with van der Waals surface area (Å²) in [6, 6.07) is 15.5. The summed E-state index contributed by atoms with van der Waals surface area (Å²) < 4.78 is 7.30. The van der Waals surface area contributed by atoms with Gasteiger partial charge in [-0.2, -0.15) is 0 Å². The first-order chi connectivity index (χ1) is 17.0. The summed E-state index contributed by atoms with van der Waals surface area (Å²) in [6.07, 6.45) is 7.95. The Bertz CT molecular complexity index is 1230. The molecule has 5 rings (SSSR count). The zero-order valence-corrected chi connectivity index (χ0v) is 20.6. The third-order valence-corrected chi connectivity index (χ3v) is 7.56. The zero-order chi connectivity index (χ0) is 24.4. The van der Waals surface area contributed by atoms with Crippen LogP contribution in [-0.2, 0) is 17.9 Å². The molecule has 7 nitrogen and oxygen atoms in total. The Balaban J connectivity index is 1.51. The van der Waals surface area contributed by atoms with Crippen molar-refractivity contribution in [3.05, 3.63) is 59.9 Å². The van der Waals surface area contributed by atoms with Crippen LogP contribution in [0.5, 0.6) is 5.75 Å². The number of nitrogens with zero attached hydrogens (tertiary/aromatic N) is 3. The average molecular weight is 475 g/mol. The standard InChI is InChI=1S/C28H34N4O3/c1-28(27(34)29-21-12-6-4-3-5-7-13-21)19-31-24-16-9-8-15-23(24)30-25(31)26(33)32(28)18-20-11-10-14-22(17-20)35-2/h8-11,14-17,21H,3-7,12-13,18-19H2,1-2H3,(H,29,34)/t28-/m1/s1. The topological polar surface area (TPSA) is 76.5 Å². The second kappa shape index (κ2) is 9.72. The first-order valence-electron chi connectivity index (χ1n) is 12.7. The fourth-order valence-corrected chi connectivity index (χ4v) is 5.47. The molecule has 1 aliphatic carbocycles. The summed E-state index contributed by atoms with van der Waals surface area (Å²) in [5.74, 6) is 0.776. The summed E-state index contributed by atoms with van der Waals surface area (Å²) in [5.41, 5.74) is 1.50. The Hall–Kier alpha value is -3.35. The first kappa shape index (κ1) is 23.4.